The zero-order chi connectivity index (χ0) is 14.3. The maximum atomic E-state index is 11.6. The Morgan fingerprint density at radius 2 is 1.75 bits per heavy atom. The van der Waals surface area contributed by atoms with Crippen LogP contribution in [0.25, 0.3) is 10.4 Å². The number of carbonyl (C=O) groups excluding carboxylic acids is 2. The van der Waals surface area contributed by atoms with Crippen LogP contribution in [0.3, 0.4) is 0 Å². The molecule has 102 valence electrons. The lowest BCUT2D eigenvalue weighted by Crippen LogP contribution is -1.95. The van der Waals surface area contributed by atoms with Gasteiger partial charge in [-0.25, -0.2) is 0 Å². The molecule has 0 radical (unpaired) electrons. The molecule has 0 unspecified atom stereocenters. The summed E-state index contributed by atoms with van der Waals surface area (Å²) in [6, 6.07) is 7.98. The number of rotatable bonds is 2. The fourth-order valence-corrected chi connectivity index (χ4v) is 3.89. The van der Waals surface area contributed by atoms with Gasteiger partial charge in [0.2, 0.25) is 0 Å². The smallest absolute Gasteiger partial charge is 0.169 e. The number of hydrogen-bond acceptors (Lipinski definition) is 3. The first-order valence-electron chi connectivity index (χ1n) is 6.84. The third kappa shape index (κ3) is 2.22. The molecule has 2 nitrogen and oxygen atoms in total. The largest absolute Gasteiger partial charge is 0.295 e. The van der Waals surface area contributed by atoms with Crippen LogP contribution in [0.1, 0.15) is 51.4 Å². The number of benzene rings is 1. The zero-order valence-corrected chi connectivity index (χ0v) is 12.5. The Kier molecular flexibility index (Phi) is 3.30. The maximum absolute atomic E-state index is 11.6. The molecule has 0 saturated carbocycles. The number of carbonyl (C=O) groups is 2. The molecule has 1 aromatic carbocycles. The summed E-state index contributed by atoms with van der Waals surface area (Å²) in [7, 11) is 0. The second-order valence-corrected chi connectivity index (χ2v) is 6.36. The van der Waals surface area contributed by atoms with Crippen molar-refractivity contribution in [3.05, 3.63) is 45.8 Å². The highest BCUT2D eigenvalue weighted by molar-refractivity contribution is 7.17. The standard InChI is InChI=1S/C17H16O2S/c1-10(18)12-6-7-15-13(8-12)4-3-5-14-9-16(11(2)19)20-17(14)15/h6-9H,3-5H2,1-2H3. The second kappa shape index (κ2) is 4.98. The van der Waals surface area contributed by atoms with Crippen molar-refractivity contribution in [3.63, 3.8) is 0 Å². The van der Waals surface area contributed by atoms with E-state index in [0.29, 0.717) is 0 Å². The zero-order valence-electron chi connectivity index (χ0n) is 11.7. The molecule has 0 N–H and O–H groups in total. The van der Waals surface area contributed by atoms with Gasteiger partial charge in [0, 0.05) is 10.4 Å². The lowest BCUT2D eigenvalue weighted by Gasteiger charge is -2.07. The lowest BCUT2D eigenvalue weighted by molar-refractivity contribution is 0.101. The molecular formula is C17H16O2S. The molecule has 1 aliphatic carbocycles. The van der Waals surface area contributed by atoms with Crippen molar-refractivity contribution < 1.29 is 9.59 Å². The van der Waals surface area contributed by atoms with Crippen LogP contribution in [0.2, 0.25) is 0 Å². The van der Waals surface area contributed by atoms with E-state index in [0.717, 1.165) is 29.7 Å². The van der Waals surface area contributed by atoms with Gasteiger partial charge in [-0.3, -0.25) is 9.59 Å². The monoisotopic (exact) mass is 284 g/mol. The Balaban J connectivity index is 2.16. The highest BCUT2D eigenvalue weighted by atomic mass is 32.1. The molecule has 0 aliphatic heterocycles. The number of thiophene rings is 1. The van der Waals surface area contributed by atoms with Crippen LogP contribution in [-0.2, 0) is 12.8 Å². The number of ketones is 2. The van der Waals surface area contributed by atoms with Crippen LogP contribution < -0.4 is 0 Å². The van der Waals surface area contributed by atoms with E-state index in [4.69, 9.17) is 0 Å². The van der Waals surface area contributed by atoms with Gasteiger partial charge in [-0.2, -0.15) is 0 Å². The summed E-state index contributed by atoms with van der Waals surface area (Å²) >= 11 is 1.58. The van der Waals surface area contributed by atoms with E-state index in [9.17, 15) is 9.59 Å². The van der Waals surface area contributed by atoms with Crippen molar-refractivity contribution in [2.45, 2.75) is 33.1 Å². The average Bonchev–Trinajstić information content (AvgIpc) is 2.76. The first kappa shape index (κ1) is 13.3. The molecule has 0 atom stereocenters. The summed E-state index contributed by atoms with van der Waals surface area (Å²) in [6.07, 6.45) is 3.06. The molecule has 3 rings (SSSR count). The first-order valence-corrected chi connectivity index (χ1v) is 7.66. The van der Waals surface area contributed by atoms with Gasteiger partial charge in [-0.15, -0.1) is 11.3 Å². The second-order valence-electron chi connectivity index (χ2n) is 5.30. The summed E-state index contributed by atoms with van der Waals surface area (Å²) in [4.78, 5) is 25.1. The molecular weight excluding hydrogens is 268 g/mol. The maximum Gasteiger partial charge on any atom is 0.169 e. The topological polar surface area (TPSA) is 34.1 Å². The van der Waals surface area contributed by atoms with Gasteiger partial charge in [0.15, 0.2) is 11.6 Å². The summed E-state index contributed by atoms with van der Waals surface area (Å²) in [5.41, 5.74) is 4.47. The van der Waals surface area contributed by atoms with Crippen molar-refractivity contribution in [3.8, 4) is 10.4 Å². The highest BCUT2D eigenvalue weighted by Gasteiger charge is 2.19. The minimum atomic E-state index is 0.105. The third-order valence-corrected chi connectivity index (χ3v) is 5.12. The van der Waals surface area contributed by atoms with E-state index < -0.39 is 0 Å². The molecule has 0 saturated heterocycles. The minimum Gasteiger partial charge on any atom is -0.295 e. The molecule has 20 heavy (non-hydrogen) atoms. The Labute approximate surface area is 122 Å². The predicted molar refractivity (Wildman–Crippen MR) is 81.8 cm³/mol. The van der Waals surface area contributed by atoms with Crippen LogP contribution >= 0.6 is 11.3 Å². The van der Waals surface area contributed by atoms with E-state index in [2.05, 4.69) is 0 Å². The normalized spacial score (nSPS) is 13.3. The van der Waals surface area contributed by atoms with Crippen LogP contribution in [-0.4, -0.2) is 11.6 Å². The summed E-state index contributed by atoms with van der Waals surface area (Å²) in [6.45, 7) is 3.22. The van der Waals surface area contributed by atoms with Crippen molar-refractivity contribution in [1.82, 2.24) is 0 Å². The average molecular weight is 284 g/mol. The molecule has 3 heteroatoms. The molecule has 1 heterocycles. The van der Waals surface area contributed by atoms with Crippen LogP contribution in [0, 0.1) is 0 Å². The molecule has 2 aromatic rings. The predicted octanol–water partition coefficient (Wildman–Crippen LogP) is 4.31. The molecule has 1 aliphatic rings. The fraction of sp³-hybridized carbons (Fsp3) is 0.294. The number of aryl methyl sites for hydroxylation is 2. The van der Waals surface area contributed by atoms with E-state index in [1.165, 1.54) is 21.6 Å². The van der Waals surface area contributed by atoms with E-state index in [1.54, 1.807) is 25.2 Å². The van der Waals surface area contributed by atoms with E-state index in [-0.39, 0.29) is 11.6 Å². The summed E-state index contributed by atoms with van der Waals surface area (Å²) < 4.78 is 0. The number of hydrogen-bond donors (Lipinski definition) is 0. The third-order valence-electron chi connectivity index (χ3n) is 3.80. The van der Waals surface area contributed by atoms with Gasteiger partial charge in [-0.05, 0) is 61.9 Å². The Hall–Kier alpha value is -1.74. The van der Waals surface area contributed by atoms with Crippen molar-refractivity contribution in [2.75, 3.05) is 0 Å². The SMILES string of the molecule is CC(=O)c1ccc2c(c1)CCCc1cc(C(C)=O)sc1-2. The minimum absolute atomic E-state index is 0.105. The van der Waals surface area contributed by atoms with Crippen molar-refractivity contribution >= 4 is 22.9 Å². The van der Waals surface area contributed by atoms with Gasteiger partial charge >= 0.3 is 0 Å². The van der Waals surface area contributed by atoms with Gasteiger partial charge < -0.3 is 0 Å². The molecule has 0 spiro atoms. The molecule has 0 bridgehead atoms. The Morgan fingerprint density at radius 1 is 1.00 bits per heavy atom. The van der Waals surface area contributed by atoms with Gasteiger partial charge in [-0.1, -0.05) is 12.1 Å². The first-order chi connectivity index (χ1) is 9.56. The van der Waals surface area contributed by atoms with Crippen molar-refractivity contribution in [1.29, 1.82) is 0 Å². The van der Waals surface area contributed by atoms with Crippen LogP contribution in [0.5, 0.6) is 0 Å². The molecule has 0 amide bonds. The van der Waals surface area contributed by atoms with Crippen LogP contribution in [0.4, 0.5) is 0 Å². The van der Waals surface area contributed by atoms with Gasteiger partial charge in [0.25, 0.3) is 0 Å². The molecule has 0 fully saturated rings. The Bertz CT molecular complexity index is 710. The Morgan fingerprint density at radius 3 is 2.45 bits per heavy atom. The van der Waals surface area contributed by atoms with E-state index in [1.807, 2.05) is 24.3 Å². The summed E-state index contributed by atoms with van der Waals surface area (Å²) in [5.74, 6) is 0.234. The van der Waals surface area contributed by atoms with Gasteiger partial charge in [0.05, 0.1) is 4.88 Å². The van der Waals surface area contributed by atoms with E-state index >= 15 is 0 Å². The molecule has 1 aromatic heterocycles. The van der Waals surface area contributed by atoms with Crippen molar-refractivity contribution in [2.24, 2.45) is 0 Å². The van der Waals surface area contributed by atoms with Gasteiger partial charge in [0.1, 0.15) is 0 Å². The lowest BCUT2D eigenvalue weighted by atomic mass is 9.99. The highest BCUT2D eigenvalue weighted by Crippen LogP contribution is 2.39. The fourth-order valence-electron chi connectivity index (χ4n) is 2.73. The summed E-state index contributed by atoms with van der Waals surface area (Å²) in [5, 5.41) is 0. The van der Waals surface area contributed by atoms with Crippen LogP contribution in [0.15, 0.2) is 24.3 Å². The number of fused-ring (bicyclic) bond motifs is 3. The quantitative estimate of drug-likeness (QED) is 0.770. The number of Topliss-reactive ketones (excluding diaryl/α,β-unsaturated/α-hetero) is 2.